The Balaban J connectivity index is 2.57. The van der Waals surface area contributed by atoms with Crippen molar-refractivity contribution in [2.24, 2.45) is 0 Å². The summed E-state index contributed by atoms with van der Waals surface area (Å²) in [7, 11) is 0. The number of hydrogen-bond donors (Lipinski definition) is 2. The maximum Gasteiger partial charge on any atom is 0.319 e. The first-order valence-electron chi connectivity index (χ1n) is 4.19. The van der Waals surface area contributed by atoms with Crippen molar-refractivity contribution in [2.45, 2.75) is 0 Å². The van der Waals surface area contributed by atoms with Crippen LogP contribution in [0.3, 0.4) is 0 Å². The number of halogens is 3. The zero-order valence-corrected chi connectivity index (χ0v) is 10.0. The third-order valence-corrected chi connectivity index (χ3v) is 2.35. The summed E-state index contributed by atoms with van der Waals surface area (Å²) < 4.78 is 13.1. The van der Waals surface area contributed by atoms with Gasteiger partial charge in [0, 0.05) is 18.1 Å². The lowest BCUT2D eigenvalue weighted by Gasteiger charge is -2.06. The average molecular weight is 296 g/mol. The van der Waals surface area contributed by atoms with E-state index in [0.29, 0.717) is 22.6 Å². The normalized spacial score (nSPS) is 9.80. The Morgan fingerprint density at radius 3 is 2.87 bits per heavy atom. The first-order chi connectivity index (χ1) is 7.13. The van der Waals surface area contributed by atoms with E-state index in [0.717, 1.165) is 0 Å². The molecule has 2 amide bonds. The molecular formula is C9H9BrClFN2O. The molecule has 0 fully saturated rings. The molecular weight excluding hydrogens is 286 g/mol. The van der Waals surface area contributed by atoms with Gasteiger partial charge in [0.1, 0.15) is 5.82 Å². The number of urea groups is 1. The first kappa shape index (κ1) is 12.3. The Bertz CT molecular complexity index is 362. The summed E-state index contributed by atoms with van der Waals surface area (Å²) in [5, 5.41) is 5.06. The van der Waals surface area contributed by atoms with Crippen molar-refractivity contribution in [3.63, 3.8) is 0 Å². The van der Waals surface area contributed by atoms with Crippen LogP contribution in [0.25, 0.3) is 0 Å². The highest BCUT2D eigenvalue weighted by molar-refractivity contribution is 9.10. The van der Waals surface area contributed by atoms with E-state index in [1.165, 1.54) is 18.2 Å². The van der Waals surface area contributed by atoms with Gasteiger partial charge in [-0.2, -0.15) is 0 Å². The van der Waals surface area contributed by atoms with E-state index in [1.54, 1.807) is 0 Å². The maximum absolute atomic E-state index is 12.8. The molecule has 2 N–H and O–H groups in total. The van der Waals surface area contributed by atoms with Gasteiger partial charge >= 0.3 is 6.03 Å². The van der Waals surface area contributed by atoms with Crippen LogP contribution in [-0.2, 0) is 0 Å². The van der Waals surface area contributed by atoms with E-state index in [2.05, 4.69) is 26.6 Å². The highest BCUT2D eigenvalue weighted by Gasteiger charge is 2.03. The molecule has 3 nitrogen and oxygen atoms in total. The summed E-state index contributed by atoms with van der Waals surface area (Å²) in [5.74, 6) is -0.0257. The number of amides is 2. The number of carbonyl (C=O) groups is 1. The summed E-state index contributed by atoms with van der Waals surface area (Å²) in [6.45, 7) is 0.385. The smallest absolute Gasteiger partial charge is 0.319 e. The molecule has 0 radical (unpaired) electrons. The Kier molecular flexibility index (Phi) is 4.84. The average Bonchev–Trinajstić information content (AvgIpc) is 2.20. The molecule has 0 aliphatic rings. The van der Waals surface area contributed by atoms with Crippen LogP contribution in [0.2, 0.25) is 0 Å². The van der Waals surface area contributed by atoms with E-state index >= 15 is 0 Å². The van der Waals surface area contributed by atoms with Crippen LogP contribution in [0.15, 0.2) is 22.7 Å². The van der Waals surface area contributed by atoms with Crippen LogP contribution >= 0.6 is 27.5 Å². The van der Waals surface area contributed by atoms with Crippen LogP contribution in [0, 0.1) is 5.82 Å². The van der Waals surface area contributed by atoms with Gasteiger partial charge in [0.2, 0.25) is 0 Å². The lowest BCUT2D eigenvalue weighted by atomic mass is 10.3. The van der Waals surface area contributed by atoms with Gasteiger partial charge in [0.25, 0.3) is 0 Å². The van der Waals surface area contributed by atoms with Gasteiger partial charge in [0.05, 0.1) is 4.47 Å². The van der Waals surface area contributed by atoms with Crippen LogP contribution < -0.4 is 10.6 Å². The molecule has 1 aromatic rings. The minimum Gasteiger partial charge on any atom is -0.337 e. The van der Waals surface area contributed by atoms with Crippen molar-refractivity contribution >= 4 is 39.2 Å². The molecule has 0 unspecified atom stereocenters. The highest BCUT2D eigenvalue weighted by Crippen LogP contribution is 2.19. The van der Waals surface area contributed by atoms with Crippen LogP contribution in [0.4, 0.5) is 14.9 Å². The summed E-state index contributed by atoms with van der Waals surface area (Å²) in [6, 6.07) is 3.85. The predicted molar refractivity (Wildman–Crippen MR) is 61.8 cm³/mol. The molecule has 0 bridgehead atoms. The van der Waals surface area contributed by atoms with Gasteiger partial charge in [-0.25, -0.2) is 9.18 Å². The fourth-order valence-corrected chi connectivity index (χ4v) is 1.38. The van der Waals surface area contributed by atoms with E-state index < -0.39 is 0 Å². The quantitative estimate of drug-likeness (QED) is 0.827. The molecule has 0 heterocycles. The molecule has 1 aromatic carbocycles. The third kappa shape index (κ3) is 4.05. The van der Waals surface area contributed by atoms with Crippen molar-refractivity contribution in [3.05, 3.63) is 28.5 Å². The number of rotatable bonds is 3. The Hall–Kier alpha value is -0.810. The molecule has 0 aliphatic carbocycles. The highest BCUT2D eigenvalue weighted by atomic mass is 79.9. The van der Waals surface area contributed by atoms with Gasteiger partial charge in [0.15, 0.2) is 0 Å². The summed E-state index contributed by atoms with van der Waals surface area (Å²) in [6.07, 6.45) is 0. The molecule has 0 spiro atoms. The lowest BCUT2D eigenvalue weighted by Crippen LogP contribution is -2.30. The fraction of sp³-hybridized carbons (Fsp3) is 0.222. The van der Waals surface area contributed by atoms with Gasteiger partial charge in [-0.05, 0) is 34.1 Å². The van der Waals surface area contributed by atoms with Crippen molar-refractivity contribution in [3.8, 4) is 0 Å². The van der Waals surface area contributed by atoms with Gasteiger partial charge in [-0.1, -0.05) is 0 Å². The van der Waals surface area contributed by atoms with E-state index in [4.69, 9.17) is 11.6 Å². The molecule has 0 aliphatic heterocycles. The number of benzene rings is 1. The Morgan fingerprint density at radius 1 is 1.53 bits per heavy atom. The minimum absolute atomic E-state index is 0.303. The monoisotopic (exact) mass is 294 g/mol. The molecule has 0 saturated heterocycles. The number of anilines is 1. The second kappa shape index (κ2) is 5.92. The minimum atomic E-state index is -0.373. The van der Waals surface area contributed by atoms with Crippen LogP contribution in [0.5, 0.6) is 0 Å². The molecule has 0 atom stereocenters. The van der Waals surface area contributed by atoms with Crippen molar-refractivity contribution in [2.75, 3.05) is 17.7 Å². The van der Waals surface area contributed by atoms with E-state index in [1.807, 2.05) is 0 Å². The second-order valence-corrected chi connectivity index (χ2v) is 3.93. The van der Waals surface area contributed by atoms with Crippen molar-refractivity contribution < 1.29 is 9.18 Å². The number of alkyl halides is 1. The van der Waals surface area contributed by atoms with Crippen LogP contribution in [-0.4, -0.2) is 18.5 Å². The number of nitrogens with one attached hydrogen (secondary N) is 2. The van der Waals surface area contributed by atoms with E-state index in [9.17, 15) is 9.18 Å². The summed E-state index contributed by atoms with van der Waals surface area (Å²) in [4.78, 5) is 11.2. The van der Waals surface area contributed by atoms with E-state index in [-0.39, 0.29) is 11.8 Å². The zero-order chi connectivity index (χ0) is 11.3. The standard InChI is InChI=1S/C9H9BrClFN2O/c10-7-5-6(1-2-8(7)12)14-9(15)13-4-3-11/h1-2,5H,3-4H2,(H2,13,14,15). The predicted octanol–water partition coefficient (Wildman–Crippen LogP) is 2.95. The Labute approximate surface area is 100 Å². The molecule has 1 rings (SSSR count). The molecule has 0 saturated carbocycles. The van der Waals surface area contributed by atoms with Gasteiger partial charge in [-0.3, -0.25) is 0 Å². The second-order valence-electron chi connectivity index (χ2n) is 2.70. The number of carbonyl (C=O) groups excluding carboxylic acids is 1. The first-order valence-corrected chi connectivity index (χ1v) is 5.52. The topological polar surface area (TPSA) is 41.1 Å². The van der Waals surface area contributed by atoms with Gasteiger partial charge < -0.3 is 10.6 Å². The summed E-state index contributed by atoms with van der Waals surface area (Å²) in [5.41, 5.74) is 0.510. The SMILES string of the molecule is O=C(NCCCl)Nc1ccc(F)c(Br)c1. The largest absolute Gasteiger partial charge is 0.337 e. The maximum atomic E-state index is 12.8. The fourth-order valence-electron chi connectivity index (χ4n) is 0.910. The molecule has 15 heavy (non-hydrogen) atoms. The molecule has 6 heteroatoms. The molecule has 0 aromatic heterocycles. The third-order valence-electron chi connectivity index (χ3n) is 1.56. The van der Waals surface area contributed by atoms with Crippen molar-refractivity contribution in [1.82, 2.24) is 5.32 Å². The zero-order valence-electron chi connectivity index (χ0n) is 7.69. The van der Waals surface area contributed by atoms with Crippen LogP contribution in [0.1, 0.15) is 0 Å². The van der Waals surface area contributed by atoms with Gasteiger partial charge in [-0.15, -0.1) is 11.6 Å². The number of hydrogen-bond acceptors (Lipinski definition) is 1. The lowest BCUT2D eigenvalue weighted by molar-refractivity contribution is 0.252. The van der Waals surface area contributed by atoms with Crippen molar-refractivity contribution in [1.29, 1.82) is 0 Å². The summed E-state index contributed by atoms with van der Waals surface area (Å²) >= 11 is 8.42. The Morgan fingerprint density at radius 2 is 2.27 bits per heavy atom. The molecule has 82 valence electrons.